The highest BCUT2D eigenvalue weighted by molar-refractivity contribution is 7.80. The molecule has 0 aromatic carbocycles. The number of nitrogens with one attached hydrogen (secondary N) is 10. The van der Waals surface area contributed by atoms with Gasteiger partial charge in [-0.25, -0.2) is 9.59 Å². The molecule has 0 bridgehead atoms. The molecule has 0 unspecified atom stereocenters. The van der Waals surface area contributed by atoms with Crippen molar-refractivity contribution in [3.05, 3.63) is 0 Å². The Labute approximate surface area is 421 Å². The molecule has 21 nitrogen and oxygen atoms in total. The van der Waals surface area contributed by atoms with Gasteiger partial charge in [0, 0.05) is 119 Å². The second-order valence-corrected chi connectivity index (χ2v) is 16.8. The van der Waals surface area contributed by atoms with Crippen molar-refractivity contribution in [3.8, 4) is 0 Å². The van der Waals surface area contributed by atoms with Crippen LogP contribution in [0.15, 0.2) is 0 Å². The highest BCUT2D eigenvalue weighted by atomic mass is 32.1. The summed E-state index contributed by atoms with van der Waals surface area (Å²) in [6, 6.07) is 0. The van der Waals surface area contributed by atoms with E-state index in [9.17, 15) is 28.8 Å². The minimum atomic E-state index is -0.634. The Morgan fingerprint density at radius 3 is 0.956 bits per heavy atom. The molecule has 0 radical (unpaired) electrons. The first-order valence-corrected chi connectivity index (χ1v) is 25.4. The molecule has 0 rings (SSSR count). The molecule has 0 spiro atoms. The Kier molecular flexibility index (Phi) is 41.9. The fourth-order valence-corrected chi connectivity index (χ4v) is 6.40. The first-order valence-electron chi connectivity index (χ1n) is 24.2. The molecule has 0 aromatic rings. The van der Waals surface area contributed by atoms with Crippen LogP contribution < -0.4 is 53.2 Å². The lowest BCUT2D eigenvalue weighted by Gasteiger charge is -2.23. The van der Waals surface area contributed by atoms with Crippen molar-refractivity contribution in [1.82, 2.24) is 63.0 Å². The number of carbonyl (C=O) groups is 6. The summed E-state index contributed by atoms with van der Waals surface area (Å²) in [5, 5.41) is 30.9. The normalized spacial score (nSPS) is 10.4. The molecular formula is C44H84N12O9S3. The van der Waals surface area contributed by atoms with Crippen LogP contribution in [0.25, 0.3) is 0 Å². The van der Waals surface area contributed by atoms with Crippen LogP contribution in [0.4, 0.5) is 9.59 Å². The topological polar surface area (TPSA) is 257 Å². The van der Waals surface area contributed by atoms with Gasteiger partial charge in [-0.15, -0.1) is 0 Å². The predicted octanol–water partition coefficient (Wildman–Crippen LogP) is 1.89. The fraction of sp³-hybridized carbons (Fsp3) is 0.795. The fourth-order valence-electron chi connectivity index (χ4n) is 6.09. The van der Waals surface area contributed by atoms with E-state index in [1.807, 2.05) is 0 Å². The van der Waals surface area contributed by atoms with Crippen LogP contribution in [0.1, 0.15) is 110 Å². The van der Waals surface area contributed by atoms with Crippen LogP contribution in [0, 0.1) is 0 Å². The summed E-state index contributed by atoms with van der Waals surface area (Å²) in [5.41, 5.74) is 0. The number of ether oxygens (including phenoxy) is 3. The van der Waals surface area contributed by atoms with E-state index in [1.54, 1.807) is 21.1 Å². The maximum atomic E-state index is 13.1. The maximum absolute atomic E-state index is 13.1. The van der Waals surface area contributed by atoms with Gasteiger partial charge in [-0.3, -0.25) is 19.2 Å². The number of rotatable bonds is 40. The molecule has 0 aromatic heterocycles. The first kappa shape index (κ1) is 63.4. The van der Waals surface area contributed by atoms with Gasteiger partial charge < -0.3 is 77.2 Å². The van der Waals surface area contributed by atoms with Crippen molar-refractivity contribution in [1.29, 1.82) is 0 Å². The molecule has 0 saturated carbocycles. The molecule has 392 valence electrons. The SMILES string of the molecule is CCCCCC(=O)NCCN(CCNC(=O)CCCCCNC(=S)NC)C(=O)OCCOCCOC(=O)N(CCNC(=O)CCCCCNC(=S)NC)CCNC(=O)CCCCCNC(=S)NC. The number of carbonyl (C=O) groups excluding carboxylic acids is 6. The summed E-state index contributed by atoms with van der Waals surface area (Å²) in [4.78, 5) is 78.7. The molecule has 24 heteroatoms. The second kappa shape index (κ2) is 44.9. The zero-order valence-electron chi connectivity index (χ0n) is 41.2. The average Bonchev–Trinajstić information content (AvgIpc) is 3.32. The van der Waals surface area contributed by atoms with E-state index in [2.05, 4.69) is 60.1 Å². The van der Waals surface area contributed by atoms with Crippen LogP contribution in [0.5, 0.6) is 0 Å². The molecule has 0 fully saturated rings. The number of hydrogen-bond acceptors (Lipinski definition) is 12. The van der Waals surface area contributed by atoms with Gasteiger partial charge in [0.2, 0.25) is 23.6 Å². The minimum absolute atomic E-state index is 0.0246. The number of unbranched alkanes of at least 4 members (excludes halogenated alkanes) is 8. The lowest BCUT2D eigenvalue weighted by atomic mass is 10.2. The summed E-state index contributed by atoms with van der Waals surface area (Å²) in [6.45, 7) is 5.65. The van der Waals surface area contributed by atoms with Gasteiger partial charge in [0.25, 0.3) is 0 Å². The van der Waals surface area contributed by atoms with Crippen molar-refractivity contribution in [2.75, 3.05) is 120 Å². The van der Waals surface area contributed by atoms with Crippen LogP contribution >= 0.6 is 36.7 Å². The largest absolute Gasteiger partial charge is 0.447 e. The zero-order chi connectivity index (χ0) is 50.5. The van der Waals surface area contributed by atoms with E-state index in [1.165, 1.54) is 9.80 Å². The number of amides is 6. The molecule has 68 heavy (non-hydrogen) atoms. The molecule has 0 aliphatic rings. The molecular weight excluding hydrogens is 937 g/mol. The smallest absolute Gasteiger partial charge is 0.409 e. The second-order valence-electron chi connectivity index (χ2n) is 15.6. The Bertz CT molecular complexity index is 1410. The van der Waals surface area contributed by atoms with E-state index in [0.29, 0.717) is 60.3 Å². The molecule has 0 aliphatic heterocycles. The number of nitrogens with zero attached hydrogens (tertiary/aromatic N) is 2. The van der Waals surface area contributed by atoms with Crippen molar-refractivity contribution in [2.45, 2.75) is 110 Å². The first-order chi connectivity index (χ1) is 32.9. The lowest BCUT2D eigenvalue weighted by molar-refractivity contribution is -0.122. The van der Waals surface area contributed by atoms with Crippen LogP contribution in [0.2, 0.25) is 0 Å². The Morgan fingerprint density at radius 1 is 0.382 bits per heavy atom. The van der Waals surface area contributed by atoms with Gasteiger partial charge in [0.05, 0.1) is 13.2 Å². The highest BCUT2D eigenvalue weighted by Crippen LogP contribution is 2.03. The standard InChI is InChI=1S/C44H84N12O9S3/c1-5-6-10-17-36(57)48-24-28-55(29-25-49-37(58)18-11-7-14-21-52-40(66)45-2)43(61)64-34-32-63-33-35-65-44(62)56(30-26-50-38(59)19-12-8-15-22-53-41(67)46-3)31-27-51-39(60)20-13-9-16-23-54-42(68)47-4/h5-35H2,1-4H3,(H,48,57)(H,49,58)(H,50,59)(H,51,60)(H2,45,52,66)(H2,46,53,67)(H2,47,54,68). The third kappa shape index (κ3) is 39.4. The molecule has 0 atom stereocenters. The van der Waals surface area contributed by atoms with Crippen molar-refractivity contribution >= 4 is 87.8 Å². The molecule has 0 aliphatic carbocycles. The quantitative estimate of drug-likeness (QED) is 0.0311. The van der Waals surface area contributed by atoms with Crippen LogP contribution in [-0.2, 0) is 33.4 Å². The third-order valence-corrected chi connectivity index (χ3v) is 11.1. The molecule has 0 heterocycles. The Morgan fingerprint density at radius 2 is 0.676 bits per heavy atom. The van der Waals surface area contributed by atoms with Gasteiger partial charge >= 0.3 is 12.2 Å². The van der Waals surface area contributed by atoms with Crippen LogP contribution in [-0.4, -0.2) is 181 Å². The van der Waals surface area contributed by atoms with Gasteiger partial charge in [0.1, 0.15) is 13.2 Å². The summed E-state index contributed by atoms with van der Waals surface area (Å²) in [5.74, 6) is -0.458. The molecule has 10 N–H and O–H groups in total. The maximum Gasteiger partial charge on any atom is 0.409 e. The minimum Gasteiger partial charge on any atom is -0.447 e. The Balaban J connectivity index is 4.94. The Hall–Kier alpha value is -4.55. The van der Waals surface area contributed by atoms with Gasteiger partial charge in [-0.2, -0.15) is 0 Å². The van der Waals surface area contributed by atoms with Crippen molar-refractivity contribution < 1.29 is 43.0 Å². The third-order valence-electron chi connectivity index (χ3n) is 10.0. The summed E-state index contributed by atoms with van der Waals surface area (Å²) in [6.07, 6.45) is 10.3. The van der Waals surface area contributed by atoms with Gasteiger partial charge in [-0.1, -0.05) is 39.0 Å². The van der Waals surface area contributed by atoms with Gasteiger partial charge in [0.15, 0.2) is 15.3 Å². The van der Waals surface area contributed by atoms with E-state index in [0.717, 1.165) is 77.4 Å². The summed E-state index contributed by atoms with van der Waals surface area (Å²) < 4.78 is 16.5. The van der Waals surface area contributed by atoms with Crippen molar-refractivity contribution in [3.63, 3.8) is 0 Å². The van der Waals surface area contributed by atoms with Crippen molar-refractivity contribution in [2.24, 2.45) is 0 Å². The predicted molar refractivity (Wildman–Crippen MR) is 277 cm³/mol. The van der Waals surface area contributed by atoms with E-state index in [4.69, 9.17) is 50.9 Å². The zero-order valence-corrected chi connectivity index (χ0v) is 43.7. The average molecular weight is 1020 g/mol. The van der Waals surface area contributed by atoms with Gasteiger partial charge in [-0.05, 0) is 81.6 Å². The number of hydrogen-bond donors (Lipinski definition) is 10. The lowest BCUT2D eigenvalue weighted by Crippen LogP contribution is -2.43. The van der Waals surface area contributed by atoms with E-state index < -0.39 is 12.2 Å². The van der Waals surface area contributed by atoms with E-state index in [-0.39, 0.29) is 102 Å². The number of thiocarbonyl (C=S) groups is 3. The monoisotopic (exact) mass is 1020 g/mol. The van der Waals surface area contributed by atoms with E-state index >= 15 is 0 Å². The summed E-state index contributed by atoms with van der Waals surface area (Å²) >= 11 is 15.2. The molecule has 0 saturated heterocycles. The molecule has 6 amide bonds. The van der Waals surface area contributed by atoms with Crippen LogP contribution in [0.3, 0.4) is 0 Å². The highest BCUT2D eigenvalue weighted by Gasteiger charge is 2.18. The summed E-state index contributed by atoms with van der Waals surface area (Å²) in [7, 11) is 5.25.